The van der Waals surface area contributed by atoms with Gasteiger partial charge in [0.2, 0.25) is 0 Å². The molecule has 0 saturated heterocycles. The fourth-order valence-electron chi connectivity index (χ4n) is 0.240. The lowest BCUT2D eigenvalue weighted by Crippen LogP contribution is -1.99. The quantitative estimate of drug-likeness (QED) is 0.247. The molecule has 0 rings (SSSR count). The van der Waals surface area contributed by atoms with Crippen LogP contribution in [-0.4, -0.2) is 5.97 Å². The first-order valence-electron chi connectivity index (χ1n) is 2.39. The molecule has 3 nitrogen and oxygen atoms in total. The minimum absolute atomic E-state index is 0.147. The standard InChI is InChI=1S/C6H8O3/c1-3-5-6(7)9-8-4-2/h3-4H,1-2,5H2. The second kappa shape index (κ2) is 4.90. The highest BCUT2D eigenvalue weighted by atomic mass is 17.2. The van der Waals surface area contributed by atoms with Gasteiger partial charge < -0.3 is 0 Å². The van der Waals surface area contributed by atoms with Gasteiger partial charge in [-0.3, -0.25) is 9.78 Å². The molecule has 0 fully saturated rings. The van der Waals surface area contributed by atoms with E-state index in [1.807, 2.05) is 0 Å². The molecule has 0 heterocycles. The summed E-state index contributed by atoms with van der Waals surface area (Å²) in [6.07, 6.45) is 2.60. The third kappa shape index (κ3) is 4.61. The summed E-state index contributed by atoms with van der Waals surface area (Å²) in [7, 11) is 0. The van der Waals surface area contributed by atoms with E-state index in [-0.39, 0.29) is 6.42 Å². The highest BCUT2D eigenvalue weighted by Crippen LogP contribution is 1.87. The Kier molecular flexibility index (Phi) is 4.22. The lowest BCUT2D eigenvalue weighted by molar-refractivity contribution is -0.237. The molecule has 0 unspecified atom stereocenters. The number of carbonyl (C=O) groups is 1. The van der Waals surface area contributed by atoms with Crippen molar-refractivity contribution in [1.29, 1.82) is 0 Å². The zero-order chi connectivity index (χ0) is 7.11. The molecule has 0 N–H and O–H groups in total. The average Bonchev–Trinajstić information content (AvgIpc) is 1.85. The van der Waals surface area contributed by atoms with Crippen LogP contribution >= 0.6 is 0 Å². The zero-order valence-electron chi connectivity index (χ0n) is 5.00. The molecule has 0 aromatic rings. The number of carbonyl (C=O) groups excluding carboxylic acids is 1. The van der Waals surface area contributed by atoms with E-state index in [2.05, 4.69) is 22.9 Å². The summed E-state index contributed by atoms with van der Waals surface area (Å²) in [5.74, 6) is -0.482. The van der Waals surface area contributed by atoms with E-state index in [1.165, 1.54) is 6.08 Å². The van der Waals surface area contributed by atoms with E-state index in [0.29, 0.717) is 0 Å². The Hall–Kier alpha value is -1.25. The molecule has 0 radical (unpaired) electrons. The van der Waals surface area contributed by atoms with Gasteiger partial charge in [0.25, 0.3) is 0 Å². The summed E-state index contributed by atoms with van der Waals surface area (Å²) in [5.41, 5.74) is 0. The smallest absolute Gasteiger partial charge is 0.296 e. The molecule has 9 heavy (non-hydrogen) atoms. The van der Waals surface area contributed by atoms with Gasteiger partial charge in [-0.15, -0.1) is 6.58 Å². The molecule has 0 aromatic carbocycles. The maximum Gasteiger partial charge on any atom is 0.359 e. The second-order valence-electron chi connectivity index (χ2n) is 1.21. The van der Waals surface area contributed by atoms with Gasteiger partial charge in [-0.05, 0) is 0 Å². The van der Waals surface area contributed by atoms with Crippen LogP contribution < -0.4 is 0 Å². The Morgan fingerprint density at radius 3 is 2.67 bits per heavy atom. The van der Waals surface area contributed by atoms with Crippen LogP contribution in [0.15, 0.2) is 25.5 Å². The Morgan fingerprint density at radius 2 is 2.22 bits per heavy atom. The van der Waals surface area contributed by atoms with Gasteiger partial charge in [-0.25, -0.2) is 4.79 Å². The number of hydrogen-bond donors (Lipinski definition) is 0. The van der Waals surface area contributed by atoms with Crippen LogP contribution in [0.1, 0.15) is 6.42 Å². The molecule has 0 aromatic heterocycles. The van der Waals surface area contributed by atoms with Crippen molar-refractivity contribution in [2.75, 3.05) is 0 Å². The van der Waals surface area contributed by atoms with Crippen molar-refractivity contribution in [1.82, 2.24) is 0 Å². The van der Waals surface area contributed by atoms with E-state index in [9.17, 15) is 4.79 Å². The van der Waals surface area contributed by atoms with Crippen LogP contribution in [0.25, 0.3) is 0 Å². The fraction of sp³-hybridized carbons (Fsp3) is 0.167. The Bertz CT molecular complexity index is 117. The van der Waals surface area contributed by atoms with Crippen LogP contribution in [0.3, 0.4) is 0 Å². The molecule has 0 amide bonds. The predicted molar refractivity (Wildman–Crippen MR) is 32.2 cm³/mol. The fourth-order valence-corrected chi connectivity index (χ4v) is 0.240. The summed E-state index contributed by atoms with van der Waals surface area (Å²) in [4.78, 5) is 18.6. The first-order chi connectivity index (χ1) is 4.31. The van der Waals surface area contributed by atoms with E-state index in [0.717, 1.165) is 6.26 Å². The van der Waals surface area contributed by atoms with Gasteiger partial charge in [-0.1, -0.05) is 12.7 Å². The van der Waals surface area contributed by atoms with Gasteiger partial charge >= 0.3 is 5.97 Å². The van der Waals surface area contributed by atoms with Crippen molar-refractivity contribution in [3.63, 3.8) is 0 Å². The monoisotopic (exact) mass is 128 g/mol. The molecular weight excluding hydrogens is 120 g/mol. The minimum atomic E-state index is -0.482. The summed E-state index contributed by atoms with van der Waals surface area (Å²) >= 11 is 0. The third-order valence-corrected chi connectivity index (χ3v) is 0.520. The number of hydrogen-bond acceptors (Lipinski definition) is 3. The summed E-state index contributed by atoms with van der Waals surface area (Å²) in [6.45, 7) is 6.49. The highest BCUT2D eigenvalue weighted by molar-refractivity contribution is 5.70. The molecule has 0 bridgehead atoms. The van der Waals surface area contributed by atoms with Crippen molar-refractivity contribution in [3.8, 4) is 0 Å². The van der Waals surface area contributed by atoms with Crippen LogP contribution in [0.4, 0.5) is 0 Å². The minimum Gasteiger partial charge on any atom is -0.296 e. The number of rotatable bonds is 4. The lowest BCUT2D eigenvalue weighted by atomic mass is 10.4. The molecule has 50 valence electrons. The van der Waals surface area contributed by atoms with Gasteiger partial charge in [0.1, 0.15) is 6.26 Å². The van der Waals surface area contributed by atoms with Crippen LogP contribution in [0, 0.1) is 0 Å². The third-order valence-electron chi connectivity index (χ3n) is 0.520. The van der Waals surface area contributed by atoms with Gasteiger partial charge in [0.15, 0.2) is 0 Å². The van der Waals surface area contributed by atoms with Crippen molar-refractivity contribution in [2.45, 2.75) is 6.42 Å². The van der Waals surface area contributed by atoms with Crippen molar-refractivity contribution in [2.24, 2.45) is 0 Å². The predicted octanol–water partition coefficient (Wildman–Crippen LogP) is 1.18. The summed E-state index contributed by atoms with van der Waals surface area (Å²) in [5, 5.41) is 0. The van der Waals surface area contributed by atoms with Gasteiger partial charge in [0, 0.05) is 0 Å². The van der Waals surface area contributed by atoms with E-state index in [1.54, 1.807) is 0 Å². The van der Waals surface area contributed by atoms with E-state index >= 15 is 0 Å². The van der Waals surface area contributed by atoms with Crippen LogP contribution in [-0.2, 0) is 14.6 Å². The second-order valence-corrected chi connectivity index (χ2v) is 1.21. The molecule has 0 atom stereocenters. The average molecular weight is 128 g/mol. The zero-order valence-corrected chi connectivity index (χ0v) is 5.00. The van der Waals surface area contributed by atoms with Crippen molar-refractivity contribution >= 4 is 5.97 Å². The van der Waals surface area contributed by atoms with Gasteiger partial charge in [-0.2, -0.15) is 0 Å². The molecule has 3 heteroatoms. The summed E-state index contributed by atoms with van der Waals surface area (Å²) in [6, 6.07) is 0. The Labute approximate surface area is 53.5 Å². The highest BCUT2D eigenvalue weighted by Gasteiger charge is 1.96. The lowest BCUT2D eigenvalue weighted by Gasteiger charge is -1.94. The topological polar surface area (TPSA) is 35.5 Å². The largest absolute Gasteiger partial charge is 0.359 e. The van der Waals surface area contributed by atoms with Crippen LogP contribution in [0.5, 0.6) is 0 Å². The SMILES string of the molecule is C=CCC(=O)OOC=C. The van der Waals surface area contributed by atoms with Crippen molar-refractivity contribution < 1.29 is 14.6 Å². The van der Waals surface area contributed by atoms with Gasteiger partial charge in [0.05, 0.1) is 6.42 Å². The maximum atomic E-state index is 10.3. The summed E-state index contributed by atoms with van der Waals surface area (Å²) < 4.78 is 0. The Balaban J connectivity index is 3.26. The maximum absolute atomic E-state index is 10.3. The molecule has 0 aliphatic carbocycles. The molecule has 0 saturated carbocycles. The van der Waals surface area contributed by atoms with Crippen LogP contribution in [0.2, 0.25) is 0 Å². The first kappa shape index (κ1) is 7.75. The normalized spacial score (nSPS) is 7.56. The van der Waals surface area contributed by atoms with E-state index < -0.39 is 5.97 Å². The first-order valence-corrected chi connectivity index (χ1v) is 2.39. The molecule has 0 aliphatic heterocycles. The van der Waals surface area contributed by atoms with Crippen molar-refractivity contribution in [3.05, 3.63) is 25.5 Å². The molecular formula is C6H8O3. The van der Waals surface area contributed by atoms with E-state index in [4.69, 9.17) is 0 Å². The molecule has 0 spiro atoms. The Morgan fingerprint density at radius 1 is 1.56 bits per heavy atom. The molecule has 0 aliphatic rings.